The molecule has 3 aliphatic rings. The minimum atomic E-state index is -1.38. The number of hydrogen-bond donors (Lipinski definition) is 10. The van der Waals surface area contributed by atoms with Crippen LogP contribution in [0.3, 0.4) is 0 Å². The number of nitrogens with zero attached hydrogens (tertiary/aromatic N) is 6. The van der Waals surface area contributed by atoms with Crippen LogP contribution in [0.5, 0.6) is 0 Å². The zero-order valence-corrected chi connectivity index (χ0v) is 22.4. The van der Waals surface area contributed by atoms with Crippen molar-refractivity contribution in [2.75, 3.05) is 24.6 Å². The minimum absolute atomic E-state index is 0.0396. The van der Waals surface area contributed by atoms with Crippen LogP contribution in [-0.2, 0) is 9.47 Å². The molecule has 4 amide bonds. The highest BCUT2D eigenvalue weighted by Crippen LogP contribution is 2.33. The number of anilines is 2. The first-order valence-electron chi connectivity index (χ1n) is 13.3. The van der Waals surface area contributed by atoms with Crippen molar-refractivity contribution in [2.24, 2.45) is 0 Å². The summed E-state index contributed by atoms with van der Waals surface area (Å²) in [5, 5.41) is 32.9. The number of carbonyl (C=O) groups excluding carboxylic acids is 2. The summed E-state index contributed by atoms with van der Waals surface area (Å²) in [5.41, 5.74) is 10.2. The molecule has 0 aromatic carbocycles. The Morgan fingerprint density at radius 2 is 1.14 bits per heavy atom. The number of aliphatic hydroxyl groups is 2. The molecule has 3 saturated heterocycles. The van der Waals surface area contributed by atoms with Crippen molar-refractivity contribution in [2.45, 2.75) is 49.0 Å². The fourth-order valence-electron chi connectivity index (χ4n) is 5.70. The monoisotopic (exact) mass is 614 g/mol. The predicted molar refractivity (Wildman–Crippen MR) is 146 cm³/mol. The number of nitrogen functional groups attached to an aromatic ring is 2. The van der Waals surface area contributed by atoms with E-state index in [2.05, 4.69) is 51.2 Å². The number of ether oxygens (including phenoxy) is 2. The Morgan fingerprint density at radius 1 is 0.727 bits per heavy atom. The number of H-pyrrole nitrogens is 2. The second kappa shape index (κ2) is 10.1. The minimum Gasteiger partial charge on any atom is -0.386 e. The summed E-state index contributed by atoms with van der Waals surface area (Å²) in [5.74, 6) is -0.349. The van der Waals surface area contributed by atoms with Crippen molar-refractivity contribution in [3.05, 3.63) is 33.4 Å². The number of amides is 4. The van der Waals surface area contributed by atoms with Crippen LogP contribution in [0.25, 0.3) is 22.3 Å². The number of nitrogens with one attached hydrogen (secondary N) is 6. The lowest BCUT2D eigenvalue weighted by molar-refractivity contribution is -0.0335. The van der Waals surface area contributed by atoms with Crippen molar-refractivity contribution < 1.29 is 29.3 Å². The average Bonchev–Trinajstić information content (AvgIpc) is 3.72. The topological polar surface area (TPSA) is 320 Å². The maximum Gasteiger partial charge on any atom is 0.315 e. The van der Waals surface area contributed by atoms with Gasteiger partial charge < -0.3 is 52.4 Å². The van der Waals surface area contributed by atoms with Gasteiger partial charge in [0.1, 0.15) is 24.4 Å². The van der Waals surface area contributed by atoms with Gasteiger partial charge in [0.2, 0.25) is 11.9 Å². The summed E-state index contributed by atoms with van der Waals surface area (Å²) in [4.78, 5) is 71.3. The zero-order chi connectivity index (χ0) is 30.9. The Balaban J connectivity index is 1.13. The summed E-state index contributed by atoms with van der Waals surface area (Å²) in [6.45, 7) is -0.383. The van der Waals surface area contributed by atoms with Gasteiger partial charge in [0, 0.05) is 13.1 Å². The van der Waals surface area contributed by atoms with E-state index in [0.29, 0.717) is 0 Å². The number of rotatable bonds is 2. The fraction of sp³-hybridized carbons (Fsp3) is 0.455. The lowest BCUT2D eigenvalue weighted by atomic mass is 10.1. The van der Waals surface area contributed by atoms with Gasteiger partial charge in [0.15, 0.2) is 34.8 Å². The Hall–Kier alpha value is -5.32. The maximum atomic E-state index is 13.0. The van der Waals surface area contributed by atoms with Gasteiger partial charge in [-0.25, -0.2) is 19.6 Å². The van der Waals surface area contributed by atoms with E-state index in [1.807, 2.05) is 0 Å². The second-order valence-electron chi connectivity index (χ2n) is 10.4. The molecule has 3 fully saturated rings. The molecule has 7 heterocycles. The van der Waals surface area contributed by atoms with Crippen molar-refractivity contribution in [1.29, 1.82) is 0 Å². The lowest BCUT2D eigenvalue weighted by Gasteiger charge is -2.26. The summed E-state index contributed by atoms with van der Waals surface area (Å²) in [7, 11) is 0. The molecule has 12 N–H and O–H groups in total. The van der Waals surface area contributed by atoms with E-state index in [9.17, 15) is 29.4 Å². The third-order valence-corrected chi connectivity index (χ3v) is 7.72. The molecule has 7 rings (SSSR count). The summed E-state index contributed by atoms with van der Waals surface area (Å²) in [6.07, 6.45) is -4.50. The van der Waals surface area contributed by atoms with Crippen molar-refractivity contribution >= 4 is 46.3 Å². The summed E-state index contributed by atoms with van der Waals surface area (Å²) in [6, 6.07) is -3.50. The molecule has 0 radical (unpaired) electrons. The molecule has 0 saturated carbocycles. The van der Waals surface area contributed by atoms with Gasteiger partial charge in [-0.1, -0.05) is 0 Å². The largest absolute Gasteiger partial charge is 0.386 e. The molecule has 3 aliphatic heterocycles. The standard InChI is InChI=1S/C22H26N14O8/c23-19-31-13-9(15(39)33-19)27-3-35(13)17-11(37)7-5(43-17)1-25-21(41)30-8-6(2-26-22(42)29-7)44-18(12(8)38)36-4-28-10-14(36)32-20(24)34-16(10)40/h3-8,11-12,17-18,37-38H,1-2H2,(H2,25,30,41)(H2,26,29,42)(H3,23,31,33,39)(H3,24,32,34,40)/t5-,6-,7?,8?,11+,12+,17-,18-/m1/s1. The Bertz CT molecular complexity index is 1760. The molecule has 2 unspecified atom stereocenters. The molecule has 22 nitrogen and oxygen atoms in total. The van der Waals surface area contributed by atoms with Crippen LogP contribution in [-0.4, -0.2) is 111 Å². The van der Waals surface area contributed by atoms with E-state index in [4.69, 9.17) is 20.9 Å². The van der Waals surface area contributed by atoms with E-state index < -0.39 is 72.1 Å². The molecule has 22 heteroatoms. The smallest absolute Gasteiger partial charge is 0.315 e. The molecule has 44 heavy (non-hydrogen) atoms. The first-order valence-corrected chi connectivity index (χ1v) is 13.3. The first-order chi connectivity index (χ1) is 21.1. The van der Waals surface area contributed by atoms with E-state index in [1.54, 1.807) is 0 Å². The van der Waals surface area contributed by atoms with Crippen LogP contribution in [0, 0.1) is 0 Å². The van der Waals surface area contributed by atoms with Gasteiger partial charge in [-0.3, -0.25) is 28.7 Å². The Morgan fingerprint density at radius 3 is 1.55 bits per heavy atom. The molecular formula is C22H26N14O8. The van der Waals surface area contributed by atoms with Gasteiger partial charge in [-0.15, -0.1) is 0 Å². The lowest BCUT2D eigenvalue weighted by Crippen LogP contribution is -2.59. The third-order valence-electron chi connectivity index (χ3n) is 7.72. The number of hydrogen-bond acceptors (Lipinski definition) is 14. The van der Waals surface area contributed by atoms with Gasteiger partial charge in [0.25, 0.3) is 11.1 Å². The molecule has 0 spiro atoms. The van der Waals surface area contributed by atoms with Gasteiger partial charge in [-0.05, 0) is 0 Å². The normalized spacial score (nSPS) is 30.9. The highest BCUT2D eigenvalue weighted by Gasteiger charge is 2.49. The molecule has 4 aromatic rings. The van der Waals surface area contributed by atoms with E-state index in [0.717, 1.165) is 0 Å². The maximum absolute atomic E-state index is 13.0. The van der Waals surface area contributed by atoms with Crippen molar-refractivity contribution in [3.63, 3.8) is 0 Å². The predicted octanol–water partition coefficient (Wildman–Crippen LogP) is -4.72. The Kier molecular flexibility index (Phi) is 6.34. The number of nitrogens with two attached hydrogens (primary N) is 2. The van der Waals surface area contributed by atoms with Crippen molar-refractivity contribution in [1.82, 2.24) is 60.3 Å². The second-order valence-corrected chi connectivity index (χ2v) is 10.4. The average molecular weight is 615 g/mol. The fourth-order valence-corrected chi connectivity index (χ4v) is 5.70. The molecule has 232 valence electrons. The molecule has 8 atom stereocenters. The van der Waals surface area contributed by atoms with Gasteiger partial charge in [0.05, 0.1) is 24.7 Å². The van der Waals surface area contributed by atoms with E-state index >= 15 is 0 Å². The van der Waals surface area contributed by atoms with Gasteiger partial charge >= 0.3 is 12.1 Å². The van der Waals surface area contributed by atoms with Gasteiger partial charge in [-0.2, -0.15) is 9.97 Å². The molecular weight excluding hydrogens is 588 g/mol. The van der Waals surface area contributed by atoms with Crippen molar-refractivity contribution in [3.8, 4) is 0 Å². The van der Waals surface area contributed by atoms with Crippen LogP contribution < -0.4 is 43.9 Å². The Labute approximate surface area is 243 Å². The molecule has 0 aliphatic carbocycles. The number of carbonyl (C=O) groups is 2. The first kappa shape index (κ1) is 27.5. The zero-order valence-electron chi connectivity index (χ0n) is 22.4. The van der Waals surface area contributed by atoms with Crippen LogP contribution in [0.2, 0.25) is 0 Å². The summed E-state index contributed by atoms with van der Waals surface area (Å²) >= 11 is 0. The SMILES string of the molecule is Nc1nc2c(ncn2[C@@H]2O[C@@H]3CNC(=O)NC4[C@@H](CNC(=O)NC3[C@@H]2O)O[C@@H](n2cnc3c(=O)[nH]c(N)nc32)[C@H]4O)c(=O)[nH]1. The van der Waals surface area contributed by atoms with Crippen LogP contribution in [0.4, 0.5) is 21.5 Å². The number of aliphatic hydroxyl groups excluding tert-OH is 2. The number of imidazole rings is 2. The number of fused-ring (bicyclic) bond motifs is 4. The number of aromatic amines is 2. The highest BCUT2D eigenvalue weighted by molar-refractivity contribution is 5.76. The third kappa shape index (κ3) is 4.43. The van der Waals surface area contributed by atoms with E-state index in [1.165, 1.54) is 21.8 Å². The highest BCUT2D eigenvalue weighted by atomic mass is 16.5. The number of urea groups is 2. The van der Waals surface area contributed by atoms with Crippen LogP contribution in [0.15, 0.2) is 22.2 Å². The quantitative estimate of drug-likeness (QED) is 0.101. The summed E-state index contributed by atoms with van der Waals surface area (Å²) < 4.78 is 14.6. The molecule has 4 aromatic heterocycles. The van der Waals surface area contributed by atoms with E-state index in [-0.39, 0.29) is 47.3 Å². The van der Waals surface area contributed by atoms with Crippen LogP contribution >= 0.6 is 0 Å². The molecule has 0 bridgehead atoms. The number of aromatic nitrogens is 8. The van der Waals surface area contributed by atoms with Crippen LogP contribution in [0.1, 0.15) is 12.5 Å².